The second-order valence-corrected chi connectivity index (χ2v) is 12.3. The number of phenolic OH excluding ortho intramolecular Hbond substituents is 1. The quantitative estimate of drug-likeness (QED) is 0.268. The predicted molar refractivity (Wildman–Crippen MR) is 148 cm³/mol. The van der Waals surface area contributed by atoms with Gasteiger partial charge >= 0.3 is 0 Å². The van der Waals surface area contributed by atoms with Crippen molar-refractivity contribution in [3.63, 3.8) is 0 Å². The molecule has 4 atom stereocenters. The van der Waals surface area contributed by atoms with Gasteiger partial charge in [-0.1, -0.05) is 20.8 Å². The summed E-state index contributed by atoms with van der Waals surface area (Å²) in [5.74, 6) is -6.79. The minimum absolute atomic E-state index is 0.0462. The van der Waals surface area contributed by atoms with Crippen molar-refractivity contribution in [1.82, 2.24) is 10.2 Å². The van der Waals surface area contributed by atoms with Crippen LogP contribution >= 0.6 is 0 Å². The van der Waals surface area contributed by atoms with E-state index in [0.717, 1.165) is 4.90 Å². The third kappa shape index (κ3) is 4.80. The first kappa shape index (κ1) is 24.7. The lowest BCUT2D eigenvalue weighted by atomic mass is 9.59. The number of aliphatic hydroxyl groups excluding tert-OH is 2. The zero-order chi connectivity index (χ0) is 31.6. The van der Waals surface area contributed by atoms with Crippen LogP contribution in [0.1, 0.15) is 48.0 Å². The number of carbonyl (C=O) groups is 3. The summed E-state index contributed by atoms with van der Waals surface area (Å²) in [5.41, 5.74) is 5.59. The van der Waals surface area contributed by atoms with Gasteiger partial charge in [0.2, 0.25) is 0 Å². The number of primary amides is 1. The fourth-order valence-electron chi connectivity index (χ4n) is 6.37. The van der Waals surface area contributed by atoms with Crippen molar-refractivity contribution < 1.29 is 33.8 Å². The molecule has 0 aliphatic heterocycles. The summed E-state index contributed by atoms with van der Waals surface area (Å²) < 4.78 is 24.1. The van der Waals surface area contributed by atoms with Crippen LogP contribution in [0.4, 0.5) is 5.69 Å². The SMILES string of the molecule is [2H]C([2H])([2H])N(C)c1cc(CNCC(C)(C)C)c(O)c2c1C[C@H]1C[C@@H]3C(C(=O)C(C(N)=O)=C(O)[C@H]3N(C)C)C(=O)C1=C2O. The lowest BCUT2D eigenvalue weighted by Gasteiger charge is -2.46. The largest absolute Gasteiger partial charge is 0.510 e. The number of rotatable bonds is 6. The van der Waals surface area contributed by atoms with Crippen LogP contribution in [0.2, 0.25) is 0 Å². The minimum Gasteiger partial charge on any atom is -0.510 e. The summed E-state index contributed by atoms with van der Waals surface area (Å²) in [4.78, 5) is 42.3. The first-order chi connectivity index (χ1) is 19.3. The number of nitrogens with one attached hydrogen (secondary N) is 1. The molecule has 1 unspecified atom stereocenters. The topological polar surface area (TPSA) is 156 Å². The van der Waals surface area contributed by atoms with Gasteiger partial charge in [-0.05, 0) is 55.8 Å². The highest BCUT2D eigenvalue weighted by Gasteiger charge is 2.55. The van der Waals surface area contributed by atoms with E-state index in [1.54, 1.807) is 25.1 Å². The van der Waals surface area contributed by atoms with E-state index in [9.17, 15) is 29.7 Å². The van der Waals surface area contributed by atoms with Gasteiger partial charge < -0.3 is 31.3 Å². The van der Waals surface area contributed by atoms with Gasteiger partial charge in [-0.25, -0.2) is 0 Å². The number of carbonyl (C=O) groups excluding carboxylic acids is 3. The molecule has 1 fully saturated rings. The molecule has 0 heterocycles. The number of ketones is 2. The molecule has 0 bridgehead atoms. The first-order valence-corrected chi connectivity index (χ1v) is 13.0. The summed E-state index contributed by atoms with van der Waals surface area (Å²) in [7, 11) is 4.69. The molecule has 1 saturated carbocycles. The van der Waals surface area contributed by atoms with Crippen LogP contribution in [0.25, 0.3) is 5.76 Å². The summed E-state index contributed by atoms with van der Waals surface area (Å²) in [6.45, 7) is 4.31. The molecule has 6 N–H and O–H groups in total. The van der Waals surface area contributed by atoms with Crippen molar-refractivity contribution in [2.24, 2.45) is 28.9 Å². The van der Waals surface area contributed by atoms with Crippen LogP contribution in [0, 0.1) is 23.2 Å². The van der Waals surface area contributed by atoms with Gasteiger partial charge in [-0.3, -0.25) is 19.3 Å². The Morgan fingerprint density at radius 2 is 1.85 bits per heavy atom. The third-order valence-electron chi connectivity index (χ3n) is 7.95. The molecular weight excluding hydrogens is 500 g/mol. The molecule has 1 aromatic rings. The number of hydrogen-bond acceptors (Lipinski definition) is 9. The van der Waals surface area contributed by atoms with Crippen LogP contribution in [-0.4, -0.2) is 78.4 Å². The van der Waals surface area contributed by atoms with Crippen molar-refractivity contribution in [3.8, 4) is 5.75 Å². The Balaban J connectivity index is 1.90. The molecule has 10 nitrogen and oxygen atoms in total. The fraction of sp³-hybridized carbons (Fsp3) is 0.552. The van der Waals surface area contributed by atoms with E-state index >= 15 is 0 Å². The van der Waals surface area contributed by atoms with Gasteiger partial charge in [0, 0.05) is 48.0 Å². The van der Waals surface area contributed by atoms with Crippen molar-refractivity contribution >= 4 is 28.9 Å². The monoisotopic (exact) mass is 543 g/mol. The van der Waals surface area contributed by atoms with Crippen LogP contribution in [-0.2, 0) is 27.3 Å². The second kappa shape index (κ2) is 9.98. The number of allylic oxidation sites excluding steroid dienone is 1. The molecule has 0 saturated heterocycles. The van der Waals surface area contributed by atoms with Crippen LogP contribution < -0.4 is 16.0 Å². The molecule has 39 heavy (non-hydrogen) atoms. The normalized spacial score (nSPS) is 26.5. The number of fused-ring (bicyclic) bond motifs is 3. The lowest BCUT2D eigenvalue weighted by molar-refractivity contribution is -0.136. The van der Waals surface area contributed by atoms with E-state index in [4.69, 9.17) is 9.85 Å². The highest BCUT2D eigenvalue weighted by Crippen LogP contribution is 2.52. The third-order valence-corrected chi connectivity index (χ3v) is 7.95. The molecular formula is C29H40N4O6. The van der Waals surface area contributed by atoms with Crippen molar-refractivity contribution in [2.45, 2.75) is 46.2 Å². The molecule has 1 aromatic carbocycles. The number of aromatic hydroxyl groups is 1. The van der Waals surface area contributed by atoms with Gasteiger partial charge in [-0.2, -0.15) is 0 Å². The van der Waals surface area contributed by atoms with E-state index in [2.05, 4.69) is 5.32 Å². The standard InChI is InChI=1S/C29H40N4O6/c1-29(2,3)12-31-11-14-10-17(32(4)5)15-8-13-9-16-20(25(36)18(13)24(35)19(15)23(14)34)26(37)21(28(30)39)27(38)22(16)33(6)7/h10,13,16,20,22,31,34-35,38H,8-9,11-12H2,1-7H3,(H2,30,39)/t13-,16+,20?,22-/m0/s1/i4D3. The summed E-state index contributed by atoms with van der Waals surface area (Å²) in [6.07, 6.45) is 0.274. The zero-order valence-corrected chi connectivity index (χ0v) is 23.3. The molecule has 10 heteroatoms. The molecule has 0 spiro atoms. The molecule has 3 aliphatic rings. The van der Waals surface area contributed by atoms with Crippen molar-refractivity contribution in [1.29, 1.82) is 0 Å². The summed E-state index contributed by atoms with van der Waals surface area (Å²) >= 11 is 0. The number of phenols is 1. The Labute approximate surface area is 233 Å². The smallest absolute Gasteiger partial charge is 0.255 e. The van der Waals surface area contributed by atoms with E-state index in [1.807, 2.05) is 20.8 Å². The fourth-order valence-corrected chi connectivity index (χ4v) is 6.37. The highest BCUT2D eigenvalue weighted by atomic mass is 16.3. The zero-order valence-electron chi connectivity index (χ0n) is 26.3. The average molecular weight is 544 g/mol. The number of hydrogen-bond donors (Lipinski definition) is 5. The number of benzene rings is 1. The van der Waals surface area contributed by atoms with Crippen LogP contribution in [0.5, 0.6) is 5.75 Å². The molecule has 0 aromatic heterocycles. The molecule has 4 rings (SSSR count). The Bertz CT molecular complexity index is 1410. The predicted octanol–water partition coefficient (Wildman–Crippen LogP) is 2.05. The van der Waals surface area contributed by atoms with E-state index in [-0.39, 0.29) is 47.4 Å². The lowest BCUT2D eigenvalue weighted by Crippen LogP contribution is -2.55. The van der Waals surface area contributed by atoms with Gasteiger partial charge in [0.1, 0.15) is 22.8 Å². The number of Topliss-reactive ketones (excluding diaryl/α,β-unsaturated/α-hetero) is 2. The second-order valence-electron chi connectivity index (χ2n) is 12.3. The maximum atomic E-state index is 14.0. The minimum atomic E-state index is -2.54. The molecule has 212 valence electrons. The van der Waals surface area contributed by atoms with Gasteiger partial charge in [0.25, 0.3) is 5.91 Å². The maximum absolute atomic E-state index is 14.0. The Kier molecular flexibility index (Phi) is 6.31. The summed E-state index contributed by atoms with van der Waals surface area (Å²) in [6, 6.07) is 0.723. The number of aliphatic hydroxyl groups is 2. The van der Waals surface area contributed by atoms with Crippen LogP contribution in [0.15, 0.2) is 23.0 Å². The average Bonchev–Trinajstić information content (AvgIpc) is 2.82. The van der Waals surface area contributed by atoms with Gasteiger partial charge in [-0.15, -0.1) is 0 Å². The number of amides is 1. The molecule has 0 radical (unpaired) electrons. The maximum Gasteiger partial charge on any atom is 0.255 e. The van der Waals surface area contributed by atoms with E-state index in [1.165, 1.54) is 7.05 Å². The molecule has 3 aliphatic carbocycles. The first-order valence-electron chi connectivity index (χ1n) is 14.5. The molecule has 1 amide bonds. The number of anilines is 1. The Hall–Kier alpha value is -3.37. The van der Waals surface area contributed by atoms with Crippen molar-refractivity contribution in [2.75, 3.05) is 39.6 Å². The summed E-state index contributed by atoms with van der Waals surface area (Å²) in [5, 5.41) is 37.2. The van der Waals surface area contributed by atoms with Gasteiger partial charge in [0.15, 0.2) is 11.6 Å². The number of likely N-dealkylation sites (N-methyl/N-ethyl adjacent to an activating group) is 1. The number of nitrogens with two attached hydrogens (primary N) is 1. The van der Waals surface area contributed by atoms with Crippen molar-refractivity contribution in [3.05, 3.63) is 39.7 Å². The van der Waals surface area contributed by atoms with Crippen LogP contribution in [0.3, 0.4) is 0 Å². The number of nitrogens with zero attached hydrogens (tertiary/aromatic N) is 2. The Morgan fingerprint density at radius 3 is 2.41 bits per heavy atom. The van der Waals surface area contributed by atoms with E-state index < -0.39 is 65.3 Å². The Morgan fingerprint density at radius 1 is 1.18 bits per heavy atom. The van der Waals surface area contributed by atoms with E-state index in [0.29, 0.717) is 17.7 Å². The highest BCUT2D eigenvalue weighted by molar-refractivity contribution is 6.28. The van der Waals surface area contributed by atoms with Gasteiger partial charge in [0.05, 0.1) is 17.5 Å².